The Morgan fingerprint density at radius 2 is 2.36 bits per heavy atom. The maximum Gasteiger partial charge on any atom is 0.0254 e. The standard InChI is InChI=1S/C12H20N2/c1-3-7-14-9-10-5-6-13-12(10)8-11(14)4-2/h5-6,11,13H,3-4,7-9H2,1-2H3/t11-/m1/s1. The third kappa shape index (κ3) is 1.71. The number of nitrogens with zero attached hydrogens (tertiary/aromatic N) is 1. The Morgan fingerprint density at radius 3 is 3.07 bits per heavy atom. The monoisotopic (exact) mass is 192 g/mol. The number of aromatic amines is 1. The number of fused-ring (bicyclic) bond motifs is 1. The van der Waals surface area contributed by atoms with Crippen molar-refractivity contribution < 1.29 is 0 Å². The minimum atomic E-state index is 0.751. The van der Waals surface area contributed by atoms with Crippen LogP contribution < -0.4 is 0 Å². The summed E-state index contributed by atoms with van der Waals surface area (Å²) in [6.07, 6.45) is 5.81. The third-order valence-corrected chi connectivity index (χ3v) is 3.24. The van der Waals surface area contributed by atoms with E-state index in [-0.39, 0.29) is 0 Å². The summed E-state index contributed by atoms with van der Waals surface area (Å²) >= 11 is 0. The van der Waals surface area contributed by atoms with Crippen molar-refractivity contribution in [2.75, 3.05) is 6.54 Å². The minimum Gasteiger partial charge on any atom is -0.365 e. The number of hydrogen-bond donors (Lipinski definition) is 1. The smallest absolute Gasteiger partial charge is 0.0254 e. The van der Waals surface area contributed by atoms with Crippen molar-refractivity contribution >= 4 is 0 Å². The minimum absolute atomic E-state index is 0.751. The molecule has 1 aliphatic heterocycles. The lowest BCUT2D eigenvalue weighted by Gasteiger charge is -2.34. The Morgan fingerprint density at radius 1 is 1.50 bits per heavy atom. The molecular weight excluding hydrogens is 172 g/mol. The van der Waals surface area contributed by atoms with Gasteiger partial charge in [0.05, 0.1) is 0 Å². The van der Waals surface area contributed by atoms with Gasteiger partial charge in [0, 0.05) is 30.9 Å². The third-order valence-electron chi connectivity index (χ3n) is 3.24. The number of nitrogens with one attached hydrogen (secondary N) is 1. The molecule has 0 unspecified atom stereocenters. The van der Waals surface area contributed by atoms with Gasteiger partial charge in [0.2, 0.25) is 0 Å². The van der Waals surface area contributed by atoms with Crippen LogP contribution in [0.25, 0.3) is 0 Å². The van der Waals surface area contributed by atoms with Crippen LogP contribution in [0.1, 0.15) is 37.9 Å². The summed E-state index contributed by atoms with van der Waals surface area (Å²) in [4.78, 5) is 5.98. The number of hydrogen-bond acceptors (Lipinski definition) is 1. The van der Waals surface area contributed by atoms with Gasteiger partial charge >= 0.3 is 0 Å². The molecule has 14 heavy (non-hydrogen) atoms. The van der Waals surface area contributed by atoms with Gasteiger partial charge in [0.25, 0.3) is 0 Å². The van der Waals surface area contributed by atoms with E-state index in [1.807, 2.05) is 0 Å². The first-order chi connectivity index (χ1) is 6.85. The summed E-state index contributed by atoms with van der Waals surface area (Å²) < 4.78 is 0. The Bertz CT molecular complexity index is 290. The highest BCUT2D eigenvalue weighted by atomic mass is 15.2. The molecule has 0 aliphatic carbocycles. The van der Waals surface area contributed by atoms with Gasteiger partial charge in [-0.05, 0) is 31.0 Å². The quantitative estimate of drug-likeness (QED) is 0.780. The van der Waals surface area contributed by atoms with Gasteiger partial charge in [0.15, 0.2) is 0 Å². The molecule has 0 bridgehead atoms. The molecule has 0 aromatic carbocycles. The molecule has 0 amide bonds. The molecule has 1 atom stereocenters. The van der Waals surface area contributed by atoms with Crippen LogP contribution in [0.5, 0.6) is 0 Å². The van der Waals surface area contributed by atoms with Gasteiger partial charge in [-0.15, -0.1) is 0 Å². The van der Waals surface area contributed by atoms with E-state index in [1.165, 1.54) is 37.1 Å². The first-order valence-electron chi connectivity index (χ1n) is 5.74. The molecule has 2 rings (SSSR count). The summed E-state index contributed by atoms with van der Waals surface area (Å²) in [6, 6.07) is 2.98. The Hall–Kier alpha value is -0.760. The molecule has 2 heterocycles. The van der Waals surface area contributed by atoms with Crippen LogP contribution in [0.3, 0.4) is 0 Å². The van der Waals surface area contributed by atoms with E-state index in [9.17, 15) is 0 Å². The van der Waals surface area contributed by atoms with Crippen LogP contribution in [0, 0.1) is 0 Å². The van der Waals surface area contributed by atoms with Gasteiger partial charge in [-0.3, -0.25) is 4.90 Å². The molecule has 2 nitrogen and oxygen atoms in total. The van der Waals surface area contributed by atoms with Gasteiger partial charge in [-0.2, -0.15) is 0 Å². The predicted molar refractivity (Wildman–Crippen MR) is 59.3 cm³/mol. The summed E-state index contributed by atoms with van der Waals surface area (Å²) in [5.74, 6) is 0. The maximum absolute atomic E-state index is 3.36. The highest BCUT2D eigenvalue weighted by Crippen LogP contribution is 2.23. The van der Waals surface area contributed by atoms with Crippen LogP contribution in [0.15, 0.2) is 12.3 Å². The molecular formula is C12H20N2. The molecule has 1 N–H and O–H groups in total. The van der Waals surface area contributed by atoms with E-state index in [0.29, 0.717) is 0 Å². The zero-order valence-electron chi connectivity index (χ0n) is 9.21. The van der Waals surface area contributed by atoms with Crippen molar-refractivity contribution in [2.24, 2.45) is 0 Å². The molecule has 78 valence electrons. The topological polar surface area (TPSA) is 19.0 Å². The molecule has 1 aromatic rings. The highest BCUT2D eigenvalue weighted by molar-refractivity contribution is 5.24. The van der Waals surface area contributed by atoms with Gasteiger partial charge < -0.3 is 4.98 Å². The van der Waals surface area contributed by atoms with E-state index in [2.05, 4.69) is 36.0 Å². The first kappa shape index (κ1) is 9.78. The van der Waals surface area contributed by atoms with E-state index in [0.717, 1.165) is 12.6 Å². The molecule has 0 saturated heterocycles. The summed E-state index contributed by atoms with van der Waals surface area (Å²) in [5, 5.41) is 0. The van der Waals surface area contributed by atoms with E-state index in [4.69, 9.17) is 0 Å². The van der Waals surface area contributed by atoms with Gasteiger partial charge in [-0.1, -0.05) is 13.8 Å². The van der Waals surface area contributed by atoms with Crippen molar-refractivity contribution in [3.8, 4) is 0 Å². The van der Waals surface area contributed by atoms with E-state index < -0.39 is 0 Å². The van der Waals surface area contributed by atoms with Gasteiger partial charge in [-0.25, -0.2) is 0 Å². The zero-order valence-corrected chi connectivity index (χ0v) is 9.21. The molecule has 0 spiro atoms. The van der Waals surface area contributed by atoms with Crippen LogP contribution >= 0.6 is 0 Å². The maximum atomic E-state index is 3.36. The second kappa shape index (κ2) is 4.18. The molecule has 1 aliphatic rings. The van der Waals surface area contributed by atoms with Crippen molar-refractivity contribution in [2.45, 2.75) is 45.7 Å². The largest absolute Gasteiger partial charge is 0.365 e. The van der Waals surface area contributed by atoms with Crippen molar-refractivity contribution in [3.63, 3.8) is 0 Å². The molecule has 0 radical (unpaired) electrons. The van der Waals surface area contributed by atoms with Crippen molar-refractivity contribution in [1.29, 1.82) is 0 Å². The molecule has 0 saturated carbocycles. The second-order valence-electron chi connectivity index (χ2n) is 4.22. The predicted octanol–water partition coefficient (Wildman–Crippen LogP) is 2.56. The lowest BCUT2D eigenvalue weighted by molar-refractivity contribution is 0.166. The fourth-order valence-corrected chi connectivity index (χ4v) is 2.44. The zero-order chi connectivity index (χ0) is 9.97. The summed E-state index contributed by atoms with van der Waals surface area (Å²) in [6.45, 7) is 6.94. The fraction of sp³-hybridized carbons (Fsp3) is 0.667. The lowest BCUT2D eigenvalue weighted by atomic mass is 9.98. The lowest BCUT2D eigenvalue weighted by Crippen LogP contribution is -2.40. The van der Waals surface area contributed by atoms with E-state index in [1.54, 1.807) is 0 Å². The highest BCUT2D eigenvalue weighted by Gasteiger charge is 2.24. The Kier molecular flexibility index (Phi) is 2.92. The number of H-pyrrole nitrogens is 1. The molecule has 0 fully saturated rings. The van der Waals surface area contributed by atoms with Crippen LogP contribution in [-0.4, -0.2) is 22.5 Å². The van der Waals surface area contributed by atoms with Crippen LogP contribution in [0.2, 0.25) is 0 Å². The first-order valence-corrected chi connectivity index (χ1v) is 5.74. The van der Waals surface area contributed by atoms with Crippen molar-refractivity contribution in [3.05, 3.63) is 23.5 Å². The number of aromatic nitrogens is 1. The van der Waals surface area contributed by atoms with Crippen molar-refractivity contribution in [1.82, 2.24) is 9.88 Å². The summed E-state index contributed by atoms with van der Waals surface area (Å²) in [7, 11) is 0. The number of rotatable bonds is 3. The van der Waals surface area contributed by atoms with E-state index >= 15 is 0 Å². The fourth-order valence-electron chi connectivity index (χ4n) is 2.44. The average molecular weight is 192 g/mol. The second-order valence-corrected chi connectivity index (χ2v) is 4.22. The average Bonchev–Trinajstić information content (AvgIpc) is 2.64. The Labute approximate surface area is 86.3 Å². The molecule has 2 heteroatoms. The van der Waals surface area contributed by atoms with Crippen LogP contribution in [-0.2, 0) is 13.0 Å². The molecule has 1 aromatic heterocycles. The Balaban J connectivity index is 2.13. The van der Waals surface area contributed by atoms with Gasteiger partial charge in [0.1, 0.15) is 0 Å². The SMILES string of the molecule is CCCN1Cc2cc[nH]c2C[C@H]1CC. The normalized spacial score (nSPS) is 22.3. The summed E-state index contributed by atoms with van der Waals surface area (Å²) in [5.41, 5.74) is 2.97. The van der Waals surface area contributed by atoms with Crippen LogP contribution in [0.4, 0.5) is 0 Å².